The Morgan fingerprint density at radius 2 is 2.05 bits per heavy atom. The van der Waals surface area contributed by atoms with Gasteiger partial charge in [-0.1, -0.05) is 0 Å². The van der Waals surface area contributed by atoms with Crippen LogP contribution in [-0.4, -0.2) is 52.6 Å². The Labute approximate surface area is 130 Å². The first kappa shape index (κ1) is 15.0. The topological polar surface area (TPSA) is 43.8 Å². The molecule has 0 aromatic carbocycles. The van der Waals surface area contributed by atoms with Crippen LogP contribution in [0.2, 0.25) is 0 Å². The lowest BCUT2D eigenvalue weighted by atomic mass is 9.93. The fourth-order valence-electron chi connectivity index (χ4n) is 3.74. The van der Waals surface area contributed by atoms with Gasteiger partial charge in [0.25, 0.3) is 0 Å². The molecule has 2 aliphatic heterocycles. The molecule has 5 heteroatoms. The van der Waals surface area contributed by atoms with Crippen LogP contribution in [0.25, 0.3) is 0 Å². The van der Waals surface area contributed by atoms with E-state index in [1.807, 2.05) is 11.4 Å². The van der Waals surface area contributed by atoms with Crippen molar-refractivity contribution in [3.63, 3.8) is 0 Å². The number of hydrogen-bond acceptors (Lipinski definition) is 4. The smallest absolute Gasteiger partial charge is 0.325 e. The third-order valence-corrected chi connectivity index (χ3v) is 5.93. The lowest BCUT2D eigenvalue weighted by molar-refractivity contribution is -0.145. The van der Waals surface area contributed by atoms with Crippen molar-refractivity contribution in [1.82, 2.24) is 9.80 Å². The number of likely N-dealkylation sites (tertiary alicyclic amines) is 1. The monoisotopic (exact) mass is 308 g/mol. The summed E-state index contributed by atoms with van der Waals surface area (Å²) in [5.41, 5.74) is 1.03. The molecule has 116 valence electrons. The molecule has 1 saturated heterocycles. The molecule has 1 unspecified atom stereocenters. The summed E-state index contributed by atoms with van der Waals surface area (Å²) in [4.78, 5) is 17.8. The van der Waals surface area contributed by atoms with Crippen LogP contribution in [-0.2, 0) is 11.2 Å². The second kappa shape index (κ2) is 6.07. The number of nitrogens with zero attached hydrogens (tertiary/aromatic N) is 2. The summed E-state index contributed by atoms with van der Waals surface area (Å²) in [5.74, 6) is -0.694. The Bertz CT molecular complexity index is 506. The maximum Gasteiger partial charge on any atom is 0.325 e. The fourth-order valence-corrected chi connectivity index (χ4v) is 4.64. The minimum atomic E-state index is -0.694. The molecule has 21 heavy (non-hydrogen) atoms. The number of carboxylic acid groups (broad SMARTS) is 1. The van der Waals surface area contributed by atoms with Crippen molar-refractivity contribution in [2.45, 2.75) is 51.2 Å². The second-order valence-electron chi connectivity index (χ2n) is 6.39. The SMILES string of the molecule is CC(C)N1CCC(N2CCc3sccc3C2C(=O)O)CC1. The van der Waals surface area contributed by atoms with Crippen LogP contribution in [0.5, 0.6) is 0 Å². The van der Waals surface area contributed by atoms with Crippen molar-refractivity contribution in [2.75, 3.05) is 19.6 Å². The van der Waals surface area contributed by atoms with Gasteiger partial charge in [0.15, 0.2) is 0 Å². The van der Waals surface area contributed by atoms with Crippen LogP contribution < -0.4 is 0 Å². The minimum Gasteiger partial charge on any atom is -0.480 e. The Balaban J connectivity index is 1.75. The highest BCUT2D eigenvalue weighted by Crippen LogP contribution is 2.36. The van der Waals surface area contributed by atoms with E-state index in [-0.39, 0.29) is 0 Å². The van der Waals surface area contributed by atoms with Crippen molar-refractivity contribution in [3.05, 3.63) is 21.9 Å². The summed E-state index contributed by atoms with van der Waals surface area (Å²) in [7, 11) is 0. The molecule has 3 rings (SSSR count). The molecule has 1 aromatic rings. The first-order valence-electron chi connectivity index (χ1n) is 7.86. The van der Waals surface area contributed by atoms with Crippen molar-refractivity contribution in [3.8, 4) is 0 Å². The third kappa shape index (κ3) is 2.87. The number of hydrogen-bond donors (Lipinski definition) is 1. The van der Waals surface area contributed by atoms with Gasteiger partial charge in [-0.3, -0.25) is 9.69 Å². The van der Waals surface area contributed by atoms with E-state index < -0.39 is 12.0 Å². The van der Waals surface area contributed by atoms with Crippen molar-refractivity contribution < 1.29 is 9.90 Å². The van der Waals surface area contributed by atoms with Gasteiger partial charge in [0.1, 0.15) is 6.04 Å². The maximum atomic E-state index is 11.8. The molecule has 4 nitrogen and oxygen atoms in total. The first-order chi connectivity index (χ1) is 10.1. The molecule has 0 spiro atoms. The highest BCUT2D eigenvalue weighted by atomic mass is 32.1. The normalized spacial score (nSPS) is 25.2. The fraction of sp³-hybridized carbons (Fsp3) is 0.688. The summed E-state index contributed by atoms with van der Waals surface area (Å²) >= 11 is 1.70. The zero-order valence-electron chi connectivity index (χ0n) is 12.8. The molecule has 1 N–H and O–H groups in total. The van der Waals surface area contributed by atoms with E-state index in [1.165, 1.54) is 4.88 Å². The van der Waals surface area contributed by atoms with Gasteiger partial charge in [0, 0.05) is 23.5 Å². The predicted octanol–water partition coefficient (Wildman–Crippen LogP) is 2.60. The van der Waals surface area contributed by atoms with Crippen LogP contribution in [0, 0.1) is 0 Å². The summed E-state index contributed by atoms with van der Waals surface area (Å²) < 4.78 is 0. The number of carbonyl (C=O) groups is 1. The van der Waals surface area contributed by atoms with Crippen molar-refractivity contribution in [1.29, 1.82) is 0 Å². The van der Waals surface area contributed by atoms with E-state index >= 15 is 0 Å². The Morgan fingerprint density at radius 3 is 2.67 bits per heavy atom. The van der Waals surface area contributed by atoms with Crippen molar-refractivity contribution >= 4 is 17.3 Å². The number of carboxylic acids is 1. The standard InChI is InChI=1S/C16H24N2O2S/c1-11(2)17-7-3-12(4-8-17)18-9-5-14-13(6-10-21-14)15(18)16(19)20/h6,10-12,15H,3-5,7-9H2,1-2H3,(H,19,20). The lowest BCUT2D eigenvalue weighted by Crippen LogP contribution is -2.51. The molecule has 2 aliphatic rings. The third-order valence-electron chi connectivity index (χ3n) is 4.94. The molecule has 1 fully saturated rings. The van der Waals surface area contributed by atoms with E-state index in [4.69, 9.17) is 0 Å². The van der Waals surface area contributed by atoms with Crippen LogP contribution in [0.4, 0.5) is 0 Å². The van der Waals surface area contributed by atoms with Crippen molar-refractivity contribution in [2.24, 2.45) is 0 Å². The Hall–Kier alpha value is -0.910. The molecule has 0 aliphatic carbocycles. The zero-order valence-corrected chi connectivity index (χ0v) is 13.6. The molecule has 0 saturated carbocycles. The van der Waals surface area contributed by atoms with E-state index in [2.05, 4.69) is 23.6 Å². The van der Waals surface area contributed by atoms with Gasteiger partial charge in [-0.15, -0.1) is 11.3 Å². The average Bonchev–Trinajstić information content (AvgIpc) is 2.94. The highest BCUT2D eigenvalue weighted by Gasteiger charge is 2.38. The van der Waals surface area contributed by atoms with Gasteiger partial charge < -0.3 is 10.0 Å². The molecular formula is C16H24N2O2S. The van der Waals surface area contributed by atoms with E-state index in [0.717, 1.165) is 44.5 Å². The molecule has 1 aromatic heterocycles. The van der Waals surface area contributed by atoms with Gasteiger partial charge >= 0.3 is 5.97 Å². The maximum absolute atomic E-state index is 11.8. The molecule has 0 amide bonds. The Morgan fingerprint density at radius 1 is 1.33 bits per heavy atom. The van der Waals surface area contributed by atoms with Gasteiger partial charge in [-0.05, 0) is 63.2 Å². The number of aliphatic carboxylic acids is 1. The molecule has 3 heterocycles. The van der Waals surface area contributed by atoms with E-state index in [1.54, 1.807) is 11.3 Å². The van der Waals surface area contributed by atoms with E-state index in [9.17, 15) is 9.90 Å². The summed E-state index contributed by atoms with van der Waals surface area (Å²) in [6.07, 6.45) is 3.17. The zero-order chi connectivity index (χ0) is 15.0. The summed E-state index contributed by atoms with van der Waals surface area (Å²) in [6, 6.07) is 2.57. The minimum absolute atomic E-state index is 0.411. The predicted molar refractivity (Wildman–Crippen MR) is 84.8 cm³/mol. The number of rotatable bonds is 3. The van der Waals surface area contributed by atoms with Crippen LogP contribution in [0.1, 0.15) is 43.2 Å². The van der Waals surface area contributed by atoms with Crippen LogP contribution >= 0.6 is 11.3 Å². The number of thiophene rings is 1. The van der Waals surface area contributed by atoms with Gasteiger partial charge in [-0.25, -0.2) is 0 Å². The number of fused-ring (bicyclic) bond motifs is 1. The number of piperidine rings is 1. The van der Waals surface area contributed by atoms with Gasteiger partial charge in [0.05, 0.1) is 0 Å². The second-order valence-corrected chi connectivity index (χ2v) is 7.39. The quantitative estimate of drug-likeness (QED) is 0.932. The van der Waals surface area contributed by atoms with Crippen LogP contribution in [0.3, 0.4) is 0 Å². The average molecular weight is 308 g/mol. The Kier molecular flexibility index (Phi) is 4.33. The van der Waals surface area contributed by atoms with Gasteiger partial charge in [-0.2, -0.15) is 0 Å². The molecule has 1 atom stereocenters. The molecule has 0 bridgehead atoms. The molecular weight excluding hydrogens is 284 g/mol. The van der Waals surface area contributed by atoms with E-state index in [0.29, 0.717) is 12.1 Å². The summed E-state index contributed by atoms with van der Waals surface area (Å²) in [5, 5.41) is 11.7. The first-order valence-corrected chi connectivity index (χ1v) is 8.74. The van der Waals surface area contributed by atoms with Crippen LogP contribution in [0.15, 0.2) is 11.4 Å². The lowest BCUT2D eigenvalue weighted by Gasteiger charge is -2.43. The summed E-state index contributed by atoms with van der Waals surface area (Å²) in [6.45, 7) is 7.53. The van der Waals surface area contributed by atoms with Gasteiger partial charge in [0.2, 0.25) is 0 Å². The molecule has 0 radical (unpaired) electrons. The highest BCUT2D eigenvalue weighted by molar-refractivity contribution is 7.10. The largest absolute Gasteiger partial charge is 0.480 e.